The summed E-state index contributed by atoms with van der Waals surface area (Å²) in [5.74, 6) is 0.534. The minimum atomic E-state index is -3.02. The Bertz CT molecular complexity index is 522. The monoisotopic (exact) mass is 283 g/mol. The van der Waals surface area contributed by atoms with Crippen LogP contribution in [0.3, 0.4) is 0 Å². The first-order chi connectivity index (χ1) is 8.95. The van der Waals surface area contributed by atoms with Gasteiger partial charge in [0, 0.05) is 37.2 Å². The van der Waals surface area contributed by atoms with Crippen molar-refractivity contribution in [2.24, 2.45) is 5.92 Å². The Balaban J connectivity index is 1.80. The number of hydrogen-bond donors (Lipinski definition) is 1. The molecule has 1 fully saturated rings. The molecule has 0 saturated carbocycles. The molecule has 0 aromatic carbocycles. The van der Waals surface area contributed by atoms with Crippen molar-refractivity contribution in [1.82, 2.24) is 9.29 Å². The van der Waals surface area contributed by atoms with Crippen molar-refractivity contribution in [3.05, 3.63) is 24.0 Å². The molecule has 0 unspecified atom stereocenters. The quantitative estimate of drug-likeness (QED) is 0.909. The number of aryl methyl sites for hydroxylation is 1. The molecule has 2 heterocycles. The van der Waals surface area contributed by atoms with Crippen LogP contribution in [0, 0.1) is 12.8 Å². The first kappa shape index (κ1) is 14.3. The highest BCUT2D eigenvalue weighted by atomic mass is 32.2. The van der Waals surface area contributed by atoms with Gasteiger partial charge in [0.25, 0.3) is 0 Å². The Morgan fingerprint density at radius 2 is 2.11 bits per heavy atom. The van der Waals surface area contributed by atoms with E-state index in [0.717, 1.165) is 30.8 Å². The Kier molecular flexibility index (Phi) is 4.42. The number of anilines is 1. The highest BCUT2D eigenvalue weighted by Crippen LogP contribution is 2.20. The molecule has 1 aliphatic heterocycles. The normalized spacial score (nSPS) is 18.4. The molecule has 0 aliphatic carbocycles. The lowest BCUT2D eigenvalue weighted by atomic mass is 9.98. The third kappa shape index (κ3) is 4.18. The molecule has 1 aromatic rings. The van der Waals surface area contributed by atoms with E-state index in [2.05, 4.69) is 10.3 Å². The molecule has 1 aliphatic rings. The van der Waals surface area contributed by atoms with Gasteiger partial charge in [-0.1, -0.05) is 0 Å². The average Bonchev–Trinajstić information content (AvgIpc) is 2.36. The van der Waals surface area contributed by atoms with E-state index in [-0.39, 0.29) is 0 Å². The molecule has 0 radical (unpaired) electrons. The molecule has 1 N–H and O–H groups in total. The summed E-state index contributed by atoms with van der Waals surface area (Å²) in [7, 11) is -3.02. The van der Waals surface area contributed by atoms with Gasteiger partial charge in [-0.2, -0.15) is 0 Å². The number of nitrogens with zero attached hydrogens (tertiary/aromatic N) is 2. The molecule has 19 heavy (non-hydrogen) atoms. The summed E-state index contributed by atoms with van der Waals surface area (Å²) in [5, 5.41) is 3.40. The van der Waals surface area contributed by atoms with Crippen LogP contribution in [-0.4, -0.2) is 43.6 Å². The molecule has 1 aromatic heterocycles. The van der Waals surface area contributed by atoms with Crippen LogP contribution in [0.5, 0.6) is 0 Å². The van der Waals surface area contributed by atoms with Gasteiger partial charge in [-0.15, -0.1) is 0 Å². The summed E-state index contributed by atoms with van der Waals surface area (Å²) < 4.78 is 24.4. The predicted molar refractivity (Wildman–Crippen MR) is 76.6 cm³/mol. The molecular weight excluding hydrogens is 262 g/mol. The SMILES string of the molecule is Cc1cc(NCC2CCN(S(C)(=O)=O)CC2)ccn1. The second-order valence-electron chi connectivity index (χ2n) is 5.17. The van der Waals surface area contributed by atoms with E-state index in [0.29, 0.717) is 19.0 Å². The Morgan fingerprint density at radius 1 is 1.42 bits per heavy atom. The fourth-order valence-corrected chi connectivity index (χ4v) is 3.24. The van der Waals surface area contributed by atoms with Crippen LogP contribution in [0.4, 0.5) is 5.69 Å². The molecule has 1 saturated heterocycles. The Labute approximate surface area is 115 Å². The van der Waals surface area contributed by atoms with Gasteiger partial charge in [-0.25, -0.2) is 12.7 Å². The van der Waals surface area contributed by atoms with Crippen LogP contribution in [0.15, 0.2) is 18.3 Å². The summed E-state index contributed by atoms with van der Waals surface area (Å²) in [6.07, 6.45) is 4.92. The lowest BCUT2D eigenvalue weighted by Crippen LogP contribution is -2.39. The van der Waals surface area contributed by atoms with E-state index < -0.39 is 10.0 Å². The minimum absolute atomic E-state index is 0.534. The molecule has 0 bridgehead atoms. The number of piperidine rings is 1. The lowest BCUT2D eigenvalue weighted by molar-refractivity contribution is 0.283. The number of sulfonamides is 1. The summed E-state index contributed by atoms with van der Waals surface area (Å²) in [4.78, 5) is 4.16. The third-order valence-corrected chi connectivity index (χ3v) is 4.84. The Hall–Kier alpha value is -1.14. The molecule has 6 heteroatoms. The van der Waals surface area contributed by atoms with E-state index in [1.165, 1.54) is 6.26 Å². The van der Waals surface area contributed by atoms with Crippen molar-refractivity contribution in [2.45, 2.75) is 19.8 Å². The van der Waals surface area contributed by atoms with Crippen LogP contribution in [0.25, 0.3) is 0 Å². The van der Waals surface area contributed by atoms with E-state index in [9.17, 15) is 8.42 Å². The first-order valence-corrected chi connectivity index (χ1v) is 8.41. The van der Waals surface area contributed by atoms with Gasteiger partial charge in [0.05, 0.1) is 6.26 Å². The molecule has 2 rings (SSSR count). The molecule has 106 valence electrons. The largest absolute Gasteiger partial charge is 0.385 e. The van der Waals surface area contributed by atoms with Crippen molar-refractivity contribution >= 4 is 15.7 Å². The number of hydrogen-bond acceptors (Lipinski definition) is 4. The lowest BCUT2D eigenvalue weighted by Gasteiger charge is -2.30. The minimum Gasteiger partial charge on any atom is -0.385 e. The zero-order valence-corrected chi connectivity index (χ0v) is 12.3. The molecular formula is C13H21N3O2S. The van der Waals surface area contributed by atoms with Crippen LogP contribution in [0.1, 0.15) is 18.5 Å². The molecule has 5 nitrogen and oxygen atoms in total. The number of rotatable bonds is 4. The highest BCUT2D eigenvalue weighted by Gasteiger charge is 2.24. The van der Waals surface area contributed by atoms with Crippen LogP contribution >= 0.6 is 0 Å². The number of aromatic nitrogens is 1. The van der Waals surface area contributed by atoms with E-state index in [1.54, 1.807) is 10.5 Å². The van der Waals surface area contributed by atoms with Crippen molar-refractivity contribution in [2.75, 3.05) is 31.2 Å². The fourth-order valence-electron chi connectivity index (χ4n) is 2.36. The maximum Gasteiger partial charge on any atom is 0.211 e. The van der Waals surface area contributed by atoms with Crippen LogP contribution in [0.2, 0.25) is 0 Å². The number of pyridine rings is 1. The standard InChI is InChI=1S/C13H21N3O2S/c1-11-9-13(3-6-14-11)15-10-12-4-7-16(8-5-12)19(2,17)18/h3,6,9,12H,4-5,7-8,10H2,1-2H3,(H,14,15). The topological polar surface area (TPSA) is 62.3 Å². The maximum absolute atomic E-state index is 11.4. The second-order valence-corrected chi connectivity index (χ2v) is 7.15. The van der Waals surface area contributed by atoms with Gasteiger partial charge in [-0.05, 0) is 37.8 Å². The third-order valence-electron chi connectivity index (χ3n) is 3.53. The zero-order chi connectivity index (χ0) is 13.9. The highest BCUT2D eigenvalue weighted by molar-refractivity contribution is 7.88. The van der Waals surface area contributed by atoms with Crippen molar-refractivity contribution in [3.63, 3.8) is 0 Å². The van der Waals surface area contributed by atoms with Crippen molar-refractivity contribution in [1.29, 1.82) is 0 Å². The predicted octanol–water partition coefficient (Wildman–Crippen LogP) is 1.47. The van der Waals surface area contributed by atoms with Gasteiger partial charge in [0.1, 0.15) is 0 Å². The van der Waals surface area contributed by atoms with Crippen molar-refractivity contribution < 1.29 is 8.42 Å². The van der Waals surface area contributed by atoms with Crippen LogP contribution in [-0.2, 0) is 10.0 Å². The summed E-state index contributed by atoms with van der Waals surface area (Å²) in [5.41, 5.74) is 2.08. The van der Waals surface area contributed by atoms with Gasteiger partial charge < -0.3 is 5.32 Å². The first-order valence-electron chi connectivity index (χ1n) is 6.57. The Morgan fingerprint density at radius 3 is 2.68 bits per heavy atom. The van der Waals surface area contributed by atoms with Gasteiger partial charge in [0.2, 0.25) is 10.0 Å². The summed E-state index contributed by atoms with van der Waals surface area (Å²) in [6, 6.07) is 3.98. The van der Waals surface area contributed by atoms with Gasteiger partial charge in [-0.3, -0.25) is 4.98 Å². The summed E-state index contributed by atoms with van der Waals surface area (Å²) >= 11 is 0. The van der Waals surface area contributed by atoms with Gasteiger partial charge >= 0.3 is 0 Å². The number of nitrogens with one attached hydrogen (secondary N) is 1. The maximum atomic E-state index is 11.4. The summed E-state index contributed by atoms with van der Waals surface area (Å²) in [6.45, 7) is 4.14. The van der Waals surface area contributed by atoms with E-state index >= 15 is 0 Å². The average molecular weight is 283 g/mol. The van der Waals surface area contributed by atoms with Gasteiger partial charge in [0.15, 0.2) is 0 Å². The van der Waals surface area contributed by atoms with Crippen LogP contribution < -0.4 is 5.32 Å². The second kappa shape index (κ2) is 5.88. The smallest absolute Gasteiger partial charge is 0.211 e. The fraction of sp³-hybridized carbons (Fsp3) is 0.615. The molecule has 0 spiro atoms. The van der Waals surface area contributed by atoms with E-state index in [1.807, 2.05) is 19.1 Å². The van der Waals surface area contributed by atoms with E-state index in [4.69, 9.17) is 0 Å². The van der Waals surface area contributed by atoms with Crippen molar-refractivity contribution in [3.8, 4) is 0 Å². The molecule has 0 amide bonds. The molecule has 0 atom stereocenters. The zero-order valence-electron chi connectivity index (χ0n) is 11.5.